The molecule has 0 spiro atoms. The Balaban J connectivity index is 1.89. The molecule has 0 radical (unpaired) electrons. The van der Waals surface area contributed by atoms with E-state index in [0.717, 1.165) is 12.1 Å². The van der Waals surface area contributed by atoms with Gasteiger partial charge < -0.3 is 15.2 Å². The van der Waals surface area contributed by atoms with Gasteiger partial charge in [-0.1, -0.05) is 41.9 Å². The second kappa shape index (κ2) is 7.29. The zero-order valence-electron chi connectivity index (χ0n) is 11.4. The molecule has 3 nitrogen and oxygen atoms in total. The Hall–Kier alpha value is -1.55. The fourth-order valence-electron chi connectivity index (χ4n) is 2.01. The van der Waals surface area contributed by atoms with E-state index in [2.05, 4.69) is 17.4 Å². The molecule has 4 heteroatoms. The van der Waals surface area contributed by atoms with Crippen molar-refractivity contribution in [3.8, 4) is 5.75 Å². The van der Waals surface area contributed by atoms with Crippen LogP contribution in [0.2, 0.25) is 5.02 Å². The van der Waals surface area contributed by atoms with Gasteiger partial charge in [0, 0.05) is 20.2 Å². The lowest BCUT2D eigenvalue weighted by molar-refractivity contribution is 0.185. The molecular formula is C16H18ClNO2. The summed E-state index contributed by atoms with van der Waals surface area (Å²) in [5.41, 5.74) is 3.42. The summed E-state index contributed by atoms with van der Waals surface area (Å²) in [7, 11) is 1.69. The van der Waals surface area contributed by atoms with Crippen LogP contribution in [0.1, 0.15) is 16.7 Å². The fraction of sp³-hybridized carbons (Fsp3) is 0.250. The minimum Gasteiger partial charge on any atom is -0.506 e. The molecular weight excluding hydrogens is 274 g/mol. The molecule has 0 saturated heterocycles. The predicted molar refractivity (Wildman–Crippen MR) is 80.8 cm³/mol. The van der Waals surface area contributed by atoms with Crippen LogP contribution < -0.4 is 5.32 Å². The largest absolute Gasteiger partial charge is 0.506 e. The van der Waals surface area contributed by atoms with E-state index < -0.39 is 0 Å². The first-order valence-corrected chi connectivity index (χ1v) is 6.81. The van der Waals surface area contributed by atoms with Crippen molar-refractivity contribution in [3.05, 3.63) is 64.2 Å². The number of halogens is 1. The second-order valence-electron chi connectivity index (χ2n) is 4.64. The van der Waals surface area contributed by atoms with Gasteiger partial charge in [-0.05, 0) is 28.8 Å². The Kier molecular flexibility index (Phi) is 5.41. The molecule has 0 amide bonds. The van der Waals surface area contributed by atoms with Gasteiger partial charge in [0.15, 0.2) is 0 Å². The van der Waals surface area contributed by atoms with E-state index in [0.29, 0.717) is 18.2 Å². The quantitative estimate of drug-likeness (QED) is 0.856. The van der Waals surface area contributed by atoms with Crippen LogP contribution in [0, 0.1) is 0 Å². The average molecular weight is 292 g/mol. The van der Waals surface area contributed by atoms with E-state index in [-0.39, 0.29) is 5.75 Å². The summed E-state index contributed by atoms with van der Waals surface area (Å²) in [6, 6.07) is 13.5. The topological polar surface area (TPSA) is 41.5 Å². The fourth-order valence-corrected chi connectivity index (χ4v) is 2.21. The monoisotopic (exact) mass is 291 g/mol. The number of hydrogen-bond acceptors (Lipinski definition) is 3. The molecule has 20 heavy (non-hydrogen) atoms. The van der Waals surface area contributed by atoms with Crippen molar-refractivity contribution in [2.45, 2.75) is 19.7 Å². The predicted octanol–water partition coefficient (Wildman–Crippen LogP) is 3.48. The molecule has 0 unspecified atom stereocenters. The Bertz CT molecular complexity index is 572. The highest BCUT2D eigenvalue weighted by molar-refractivity contribution is 6.32. The number of benzene rings is 2. The third-order valence-electron chi connectivity index (χ3n) is 2.97. The zero-order valence-corrected chi connectivity index (χ0v) is 12.2. The van der Waals surface area contributed by atoms with Crippen molar-refractivity contribution in [3.63, 3.8) is 0 Å². The summed E-state index contributed by atoms with van der Waals surface area (Å²) in [6.07, 6.45) is 0. The molecule has 2 N–H and O–H groups in total. The summed E-state index contributed by atoms with van der Waals surface area (Å²) in [6.45, 7) is 2.10. The molecule has 0 aliphatic carbocycles. The number of hydrogen-bond donors (Lipinski definition) is 2. The van der Waals surface area contributed by atoms with E-state index >= 15 is 0 Å². The van der Waals surface area contributed by atoms with Gasteiger partial charge in [0.2, 0.25) is 0 Å². The first-order chi connectivity index (χ1) is 9.69. The summed E-state index contributed by atoms with van der Waals surface area (Å²) in [4.78, 5) is 0. The van der Waals surface area contributed by atoms with Gasteiger partial charge in [-0.15, -0.1) is 0 Å². The Morgan fingerprint density at radius 1 is 1.05 bits per heavy atom. The van der Waals surface area contributed by atoms with E-state index in [1.54, 1.807) is 19.2 Å². The van der Waals surface area contributed by atoms with Crippen LogP contribution >= 0.6 is 11.6 Å². The lowest BCUT2D eigenvalue weighted by atomic mass is 10.1. The number of phenols is 1. The highest BCUT2D eigenvalue weighted by Gasteiger charge is 2.00. The molecule has 0 atom stereocenters. The van der Waals surface area contributed by atoms with Gasteiger partial charge in [0.05, 0.1) is 11.6 Å². The third-order valence-corrected chi connectivity index (χ3v) is 3.28. The maximum absolute atomic E-state index is 9.36. The maximum atomic E-state index is 9.36. The highest BCUT2D eigenvalue weighted by atomic mass is 35.5. The molecule has 0 saturated carbocycles. The molecule has 106 valence electrons. The van der Waals surface area contributed by atoms with Crippen LogP contribution in [-0.4, -0.2) is 12.2 Å². The smallest absolute Gasteiger partial charge is 0.134 e. The molecule has 0 aliphatic rings. The summed E-state index contributed by atoms with van der Waals surface area (Å²) in [5, 5.41) is 13.1. The minimum absolute atomic E-state index is 0.114. The minimum atomic E-state index is 0.114. The molecule has 0 fully saturated rings. The Labute approximate surface area is 124 Å². The highest BCUT2D eigenvalue weighted by Crippen LogP contribution is 2.23. The van der Waals surface area contributed by atoms with Gasteiger partial charge >= 0.3 is 0 Å². The summed E-state index contributed by atoms with van der Waals surface area (Å²) >= 11 is 5.87. The molecule has 0 aromatic heterocycles. The van der Waals surface area contributed by atoms with Crippen LogP contribution in [0.25, 0.3) is 0 Å². The molecule has 0 bridgehead atoms. The van der Waals surface area contributed by atoms with Crippen LogP contribution in [0.3, 0.4) is 0 Å². The van der Waals surface area contributed by atoms with Crippen molar-refractivity contribution in [2.75, 3.05) is 7.11 Å². The Morgan fingerprint density at radius 2 is 1.75 bits per heavy atom. The van der Waals surface area contributed by atoms with Crippen molar-refractivity contribution in [1.82, 2.24) is 5.32 Å². The number of rotatable bonds is 6. The van der Waals surface area contributed by atoms with Crippen LogP contribution in [0.15, 0.2) is 42.5 Å². The number of ether oxygens (including phenoxy) is 1. The second-order valence-corrected chi connectivity index (χ2v) is 5.05. The van der Waals surface area contributed by atoms with E-state index in [1.807, 2.05) is 18.2 Å². The normalized spacial score (nSPS) is 10.7. The van der Waals surface area contributed by atoms with Gasteiger partial charge in [0.1, 0.15) is 5.75 Å². The van der Waals surface area contributed by atoms with Crippen LogP contribution in [0.5, 0.6) is 5.75 Å². The van der Waals surface area contributed by atoms with Gasteiger partial charge in [-0.25, -0.2) is 0 Å². The number of phenolic OH excluding ortho intramolecular Hbond substituents is 1. The number of methoxy groups -OCH3 is 1. The SMILES string of the molecule is COCc1cccc(CNCc2ccc(O)c(Cl)c2)c1. The summed E-state index contributed by atoms with van der Waals surface area (Å²) in [5.74, 6) is 0.114. The van der Waals surface area contributed by atoms with Gasteiger partial charge in [-0.2, -0.15) is 0 Å². The van der Waals surface area contributed by atoms with Crippen LogP contribution in [0.4, 0.5) is 0 Å². The average Bonchev–Trinajstić information content (AvgIpc) is 2.44. The van der Waals surface area contributed by atoms with E-state index in [9.17, 15) is 5.11 Å². The van der Waals surface area contributed by atoms with E-state index in [4.69, 9.17) is 16.3 Å². The van der Waals surface area contributed by atoms with Crippen molar-refractivity contribution in [1.29, 1.82) is 0 Å². The molecule has 0 heterocycles. The first kappa shape index (κ1) is 14.9. The van der Waals surface area contributed by atoms with Crippen LogP contribution in [-0.2, 0) is 24.4 Å². The first-order valence-electron chi connectivity index (χ1n) is 6.44. The molecule has 2 aromatic carbocycles. The molecule has 2 aromatic rings. The molecule has 2 rings (SSSR count). The lowest BCUT2D eigenvalue weighted by Crippen LogP contribution is -2.12. The maximum Gasteiger partial charge on any atom is 0.134 e. The molecule has 0 aliphatic heterocycles. The standard InChI is InChI=1S/C16H18ClNO2/c1-20-11-14-4-2-3-12(7-14)9-18-10-13-5-6-16(19)15(17)8-13/h2-8,18-19H,9-11H2,1H3. The zero-order chi connectivity index (χ0) is 14.4. The van der Waals surface area contributed by atoms with Crippen molar-refractivity contribution < 1.29 is 9.84 Å². The Morgan fingerprint density at radius 3 is 2.45 bits per heavy atom. The van der Waals surface area contributed by atoms with Gasteiger partial charge in [-0.3, -0.25) is 0 Å². The summed E-state index contributed by atoms with van der Waals surface area (Å²) < 4.78 is 5.12. The van der Waals surface area contributed by atoms with Crippen molar-refractivity contribution >= 4 is 11.6 Å². The number of nitrogens with one attached hydrogen (secondary N) is 1. The van der Waals surface area contributed by atoms with E-state index in [1.165, 1.54) is 11.1 Å². The lowest BCUT2D eigenvalue weighted by Gasteiger charge is -2.08. The van der Waals surface area contributed by atoms with Crippen molar-refractivity contribution in [2.24, 2.45) is 0 Å². The van der Waals surface area contributed by atoms with Gasteiger partial charge in [0.25, 0.3) is 0 Å². The number of aromatic hydroxyl groups is 1. The third kappa shape index (κ3) is 4.23.